The molecule has 1 N–H and O–H groups in total. The fourth-order valence-electron chi connectivity index (χ4n) is 3.74. The van der Waals surface area contributed by atoms with Crippen LogP contribution >= 0.6 is 11.6 Å². The lowest BCUT2D eigenvalue weighted by atomic mass is 10.1. The van der Waals surface area contributed by atoms with E-state index in [1.165, 1.54) is 10.6 Å². The largest absolute Gasteiger partial charge is 0.339 e. The number of fused-ring (bicyclic) bond motifs is 1. The number of hydrogen-bond donors (Lipinski definition) is 1. The van der Waals surface area contributed by atoms with Crippen molar-refractivity contribution in [3.63, 3.8) is 0 Å². The van der Waals surface area contributed by atoms with Crippen LogP contribution in [0.15, 0.2) is 32.3 Å². The van der Waals surface area contributed by atoms with Crippen LogP contribution in [0.2, 0.25) is 5.28 Å². The molecule has 9 nitrogen and oxygen atoms in total. The zero-order valence-electron chi connectivity index (χ0n) is 18.5. The van der Waals surface area contributed by atoms with Gasteiger partial charge in [-0.1, -0.05) is 31.0 Å². The van der Waals surface area contributed by atoms with Gasteiger partial charge in [-0.3, -0.25) is 13.9 Å². The molecule has 0 saturated carbocycles. The second-order valence-corrected chi connectivity index (χ2v) is 8.30. The molecule has 0 fully saturated rings. The molecule has 180 valence electrons. The normalized spacial score (nSPS) is 11.5. The molecule has 0 atom stereocenters. The van der Waals surface area contributed by atoms with E-state index in [0.29, 0.717) is 25.3 Å². The van der Waals surface area contributed by atoms with E-state index >= 15 is 0 Å². The van der Waals surface area contributed by atoms with Crippen LogP contribution in [0.25, 0.3) is 11.2 Å². The third-order valence-electron chi connectivity index (χ3n) is 5.46. The number of nitrogens with zero attached hydrogens (tertiary/aromatic N) is 5. The summed E-state index contributed by atoms with van der Waals surface area (Å²) in [5.74, 6) is -0.801. The zero-order chi connectivity index (χ0) is 24.2. The molecule has 1 aromatic carbocycles. The SMILES string of the molecule is CCCCCn1c(=O)n(CCCc2nc(Cc3ccc(F)cc3F)no2)c(=O)c2[nH]c(Cl)nc21. The Morgan fingerprint density at radius 1 is 1.09 bits per heavy atom. The summed E-state index contributed by atoms with van der Waals surface area (Å²) in [6.07, 6.45) is 3.43. The molecule has 3 heterocycles. The van der Waals surface area contributed by atoms with Gasteiger partial charge in [0, 0.05) is 32.0 Å². The Hall–Kier alpha value is -3.34. The third-order valence-corrected chi connectivity index (χ3v) is 5.64. The highest BCUT2D eigenvalue weighted by atomic mass is 35.5. The molecule has 0 radical (unpaired) electrons. The topological polar surface area (TPSA) is 112 Å². The van der Waals surface area contributed by atoms with Crippen molar-refractivity contribution in [2.75, 3.05) is 0 Å². The molecule has 34 heavy (non-hydrogen) atoms. The van der Waals surface area contributed by atoms with Crippen LogP contribution in [0.1, 0.15) is 49.9 Å². The standard InChI is InChI=1S/C22H23ClF2N6O3/c1-2-3-4-9-30-19-18(27-21(23)28-19)20(32)31(22(30)33)10-5-6-17-26-16(29-34-17)11-13-7-8-14(24)12-15(13)25/h7-8,12H,2-6,9-11H2,1H3,(H,27,28). The van der Waals surface area contributed by atoms with E-state index in [0.717, 1.165) is 36.0 Å². The van der Waals surface area contributed by atoms with E-state index in [4.69, 9.17) is 16.1 Å². The van der Waals surface area contributed by atoms with Gasteiger partial charge in [-0.15, -0.1) is 0 Å². The van der Waals surface area contributed by atoms with Crippen LogP contribution in [0, 0.1) is 11.6 Å². The van der Waals surface area contributed by atoms with Gasteiger partial charge in [0.25, 0.3) is 5.56 Å². The molecule has 0 aliphatic rings. The molecule has 0 spiro atoms. The number of hydrogen-bond acceptors (Lipinski definition) is 6. The molecule has 0 bridgehead atoms. The lowest BCUT2D eigenvalue weighted by molar-refractivity contribution is 0.367. The number of halogens is 3. The maximum atomic E-state index is 13.8. The number of benzene rings is 1. The molecule has 4 aromatic rings. The molecular weight excluding hydrogens is 470 g/mol. The van der Waals surface area contributed by atoms with Gasteiger partial charge in [0.1, 0.15) is 11.6 Å². The summed E-state index contributed by atoms with van der Waals surface area (Å²) in [4.78, 5) is 37.0. The Kier molecular flexibility index (Phi) is 7.20. The molecule has 0 aliphatic carbocycles. The first-order valence-corrected chi connectivity index (χ1v) is 11.4. The number of aromatic nitrogens is 6. The van der Waals surface area contributed by atoms with Gasteiger partial charge < -0.3 is 9.51 Å². The summed E-state index contributed by atoms with van der Waals surface area (Å²) in [5, 5.41) is 3.87. The predicted octanol–water partition coefficient (Wildman–Crippen LogP) is 3.61. The monoisotopic (exact) mass is 492 g/mol. The first-order chi connectivity index (χ1) is 16.4. The summed E-state index contributed by atoms with van der Waals surface area (Å²) in [6, 6.07) is 3.29. The van der Waals surface area contributed by atoms with Gasteiger partial charge in [0.2, 0.25) is 11.2 Å². The van der Waals surface area contributed by atoms with Crippen molar-refractivity contribution >= 4 is 22.8 Å². The molecule has 0 unspecified atom stereocenters. The quantitative estimate of drug-likeness (QED) is 0.267. The van der Waals surface area contributed by atoms with Crippen LogP contribution in [-0.4, -0.2) is 29.2 Å². The van der Waals surface area contributed by atoms with Crippen LogP contribution in [0.5, 0.6) is 0 Å². The maximum absolute atomic E-state index is 13.8. The highest BCUT2D eigenvalue weighted by molar-refractivity contribution is 6.28. The van der Waals surface area contributed by atoms with E-state index < -0.39 is 22.9 Å². The summed E-state index contributed by atoms with van der Waals surface area (Å²) >= 11 is 5.96. The van der Waals surface area contributed by atoms with Crippen molar-refractivity contribution in [3.8, 4) is 0 Å². The highest BCUT2D eigenvalue weighted by Crippen LogP contribution is 2.14. The number of H-pyrrole nitrogens is 1. The summed E-state index contributed by atoms with van der Waals surface area (Å²) in [7, 11) is 0. The summed E-state index contributed by atoms with van der Waals surface area (Å²) < 4.78 is 34.7. The van der Waals surface area contributed by atoms with Gasteiger partial charge in [0.05, 0.1) is 0 Å². The number of aromatic amines is 1. The average molecular weight is 493 g/mol. The van der Waals surface area contributed by atoms with E-state index in [9.17, 15) is 18.4 Å². The minimum atomic E-state index is -0.685. The summed E-state index contributed by atoms with van der Waals surface area (Å²) in [5.41, 5.74) is -0.265. The zero-order valence-corrected chi connectivity index (χ0v) is 19.2. The van der Waals surface area contributed by atoms with E-state index in [2.05, 4.69) is 27.0 Å². The Labute approximate surface area is 197 Å². The van der Waals surface area contributed by atoms with Gasteiger partial charge in [0.15, 0.2) is 17.0 Å². The van der Waals surface area contributed by atoms with Crippen molar-refractivity contribution < 1.29 is 13.3 Å². The van der Waals surface area contributed by atoms with E-state index in [1.54, 1.807) is 0 Å². The fraction of sp³-hybridized carbons (Fsp3) is 0.409. The first-order valence-electron chi connectivity index (χ1n) is 11.0. The number of imidazole rings is 1. The number of rotatable bonds is 10. The molecule has 0 saturated heterocycles. The predicted molar refractivity (Wildman–Crippen MR) is 121 cm³/mol. The summed E-state index contributed by atoms with van der Waals surface area (Å²) in [6.45, 7) is 2.61. The molecule has 4 rings (SSSR count). The van der Waals surface area contributed by atoms with Crippen molar-refractivity contribution in [1.82, 2.24) is 29.2 Å². The van der Waals surface area contributed by atoms with Gasteiger partial charge in [-0.05, 0) is 36.1 Å². The fourth-order valence-corrected chi connectivity index (χ4v) is 3.92. The van der Waals surface area contributed by atoms with Gasteiger partial charge in [-0.25, -0.2) is 13.6 Å². The van der Waals surface area contributed by atoms with Crippen molar-refractivity contribution in [1.29, 1.82) is 0 Å². The molecule has 3 aromatic heterocycles. The lowest BCUT2D eigenvalue weighted by Crippen LogP contribution is -2.40. The van der Waals surface area contributed by atoms with E-state index in [-0.39, 0.29) is 40.8 Å². The number of nitrogens with one attached hydrogen (secondary N) is 1. The average Bonchev–Trinajstić information content (AvgIpc) is 3.41. The van der Waals surface area contributed by atoms with Gasteiger partial charge >= 0.3 is 5.69 Å². The third kappa shape index (κ3) is 5.09. The van der Waals surface area contributed by atoms with Crippen molar-refractivity contribution in [2.24, 2.45) is 0 Å². The van der Waals surface area contributed by atoms with Crippen LogP contribution < -0.4 is 11.2 Å². The Morgan fingerprint density at radius 3 is 2.65 bits per heavy atom. The minimum absolute atomic E-state index is 0.0458. The van der Waals surface area contributed by atoms with Crippen LogP contribution in [0.3, 0.4) is 0 Å². The molecular formula is C22H23ClF2N6O3. The smallest absolute Gasteiger partial charge is 0.332 e. The molecule has 0 aliphatic heterocycles. The molecule has 12 heteroatoms. The molecule has 0 amide bonds. The van der Waals surface area contributed by atoms with Crippen LogP contribution in [0.4, 0.5) is 8.78 Å². The van der Waals surface area contributed by atoms with Gasteiger partial charge in [-0.2, -0.15) is 9.97 Å². The minimum Gasteiger partial charge on any atom is -0.339 e. The van der Waals surface area contributed by atoms with Crippen molar-refractivity contribution in [3.05, 3.63) is 73.2 Å². The highest BCUT2D eigenvalue weighted by Gasteiger charge is 2.17. The Balaban J connectivity index is 1.47. The number of unbranched alkanes of at least 4 members (excludes halogenated alkanes) is 2. The second-order valence-electron chi connectivity index (χ2n) is 7.94. The number of aryl methyl sites for hydroxylation is 2. The maximum Gasteiger partial charge on any atom is 0.332 e. The second kappa shape index (κ2) is 10.3. The van der Waals surface area contributed by atoms with Crippen LogP contribution in [-0.2, 0) is 25.9 Å². The Morgan fingerprint density at radius 2 is 1.88 bits per heavy atom. The lowest BCUT2D eigenvalue weighted by Gasteiger charge is -2.10. The first kappa shape index (κ1) is 23.8. The van der Waals surface area contributed by atoms with E-state index in [1.807, 2.05) is 0 Å². The van der Waals surface area contributed by atoms with Crippen molar-refractivity contribution in [2.45, 2.75) is 58.5 Å². The Bertz CT molecular complexity index is 1420.